The van der Waals surface area contributed by atoms with Gasteiger partial charge >= 0.3 is 0 Å². The van der Waals surface area contributed by atoms with Crippen LogP contribution in [-0.4, -0.2) is 27.6 Å². The fourth-order valence-electron chi connectivity index (χ4n) is 9.18. The maximum atomic E-state index is 6.83. The van der Waals surface area contributed by atoms with Gasteiger partial charge in [0.05, 0.1) is 25.0 Å². The third-order valence-corrected chi connectivity index (χ3v) is 15.0. The summed E-state index contributed by atoms with van der Waals surface area (Å²) in [6.07, 6.45) is 3.95. The third-order valence-electron chi connectivity index (χ3n) is 13.0. The zero-order chi connectivity index (χ0) is 47.8. The summed E-state index contributed by atoms with van der Waals surface area (Å²) in [6, 6.07) is 66.3. The van der Waals surface area contributed by atoms with Crippen molar-refractivity contribution in [3.05, 3.63) is 211 Å². The van der Waals surface area contributed by atoms with Crippen molar-refractivity contribution in [2.45, 2.75) is 66.1 Å². The average molecular weight is 1110 g/mol. The van der Waals surface area contributed by atoms with Gasteiger partial charge in [0, 0.05) is 43.6 Å². The SMILES string of the molecule is C[Si](C)(C)c1ccc(-c2[c-]cccc2)nc1.Cc1cnc2c(c1)nc(-c1[c-]ccc3c1oc1cc(-c4ccc(-c5ccccc5)cc4)ccc13)n2-c1c(C(C)C)cc(-c2ccccc2)cc1C(C)C.[Ir]. The van der Waals surface area contributed by atoms with Crippen molar-refractivity contribution in [2.24, 2.45) is 0 Å². The van der Waals surface area contributed by atoms with E-state index >= 15 is 0 Å². The van der Waals surface area contributed by atoms with Crippen LogP contribution in [0.25, 0.3) is 94.8 Å². The second-order valence-electron chi connectivity index (χ2n) is 19.6. The predicted octanol–water partition coefficient (Wildman–Crippen LogP) is 16.4. The van der Waals surface area contributed by atoms with Gasteiger partial charge in [0.1, 0.15) is 5.58 Å². The van der Waals surface area contributed by atoms with E-state index in [9.17, 15) is 0 Å². The molecule has 0 aliphatic rings. The van der Waals surface area contributed by atoms with E-state index in [1.165, 1.54) is 38.6 Å². The number of rotatable bonds is 9. The number of aryl methyl sites for hydroxylation is 1. The fourth-order valence-corrected chi connectivity index (χ4v) is 10.2. The molecule has 11 rings (SSSR count). The Hall–Kier alpha value is -7.02. The molecule has 0 atom stereocenters. The molecule has 4 heterocycles. The monoisotopic (exact) mass is 1110 g/mol. The van der Waals surface area contributed by atoms with Crippen LogP contribution in [0.4, 0.5) is 0 Å². The van der Waals surface area contributed by atoms with Crippen molar-refractivity contribution < 1.29 is 24.5 Å². The number of aromatic nitrogens is 4. The van der Waals surface area contributed by atoms with E-state index in [2.05, 4.69) is 209 Å². The van der Waals surface area contributed by atoms with Crippen LogP contribution in [-0.2, 0) is 20.1 Å². The smallest absolute Gasteiger partial charge is 0.155 e. The van der Waals surface area contributed by atoms with Gasteiger partial charge in [-0.3, -0.25) is 4.98 Å². The van der Waals surface area contributed by atoms with Gasteiger partial charge in [-0.15, -0.1) is 54.1 Å². The minimum Gasteiger partial charge on any atom is -0.501 e. The van der Waals surface area contributed by atoms with Crippen LogP contribution in [0.2, 0.25) is 19.6 Å². The summed E-state index contributed by atoms with van der Waals surface area (Å²) in [5.74, 6) is 1.26. The first-order chi connectivity index (χ1) is 33.4. The van der Waals surface area contributed by atoms with Crippen molar-refractivity contribution in [1.82, 2.24) is 19.5 Å². The average Bonchev–Trinajstić information content (AvgIpc) is 3.94. The Labute approximate surface area is 426 Å². The van der Waals surface area contributed by atoms with Gasteiger partial charge in [0.25, 0.3) is 0 Å². The number of furan rings is 1. The fraction of sp³-hybridized carbons (Fsp3) is 0.159. The summed E-state index contributed by atoms with van der Waals surface area (Å²) in [5.41, 5.74) is 17.9. The van der Waals surface area contributed by atoms with Crippen LogP contribution in [0.15, 0.2) is 187 Å². The Balaban J connectivity index is 0.000000304. The van der Waals surface area contributed by atoms with Crippen LogP contribution >= 0.6 is 0 Å². The Morgan fingerprint density at radius 3 is 1.77 bits per heavy atom. The normalized spacial score (nSPS) is 11.6. The van der Waals surface area contributed by atoms with Gasteiger partial charge in [-0.05, 0) is 104 Å². The van der Waals surface area contributed by atoms with Crippen molar-refractivity contribution in [2.75, 3.05) is 0 Å². The first kappa shape index (κ1) is 48.0. The van der Waals surface area contributed by atoms with E-state index in [1.807, 2.05) is 48.8 Å². The molecule has 0 bridgehead atoms. The number of imidazole rings is 1. The largest absolute Gasteiger partial charge is 0.501 e. The van der Waals surface area contributed by atoms with Gasteiger partial charge in [-0.1, -0.05) is 167 Å². The van der Waals surface area contributed by atoms with Gasteiger partial charge < -0.3 is 14.0 Å². The van der Waals surface area contributed by atoms with Gasteiger partial charge in [0.2, 0.25) is 0 Å². The molecule has 0 spiro atoms. The summed E-state index contributed by atoms with van der Waals surface area (Å²) in [7, 11) is -1.23. The first-order valence-electron chi connectivity index (χ1n) is 24.0. The van der Waals surface area contributed by atoms with Crippen LogP contribution in [0.1, 0.15) is 56.2 Å². The summed E-state index contributed by atoms with van der Waals surface area (Å²) in [6.45, 7) is 18.1. The molecule has 0 aliphatic heterocycles. The van der Waals surface area contributed by atoms with E-state index in [0.29, 0.717) is 0 Å². The molecular formula is C63H56IrN4OSi-2. The Morgan fingerprint density at radius 2 is 1.17 bits per heavy atom. The molecule has 1 radical (unpaired) electrons. The maximum Gasteiger partial charge on any atom is 0.155 e. The molecule has 0 aliphatic carbocycles. The molecule has 4 aromatic heterocycles. The second-order valence-corrected chi connectivity index (χ2v) is 24.7. The molecule has 349 valence electrons. The molecule has 0 unspecified atom stereocenters. The van der Waals surface area contributed by atoms with E-state index in [1.54, 1.807) is 0 Å². The molecule has 11 aromatic rings. The molecule has 7 heteroatoms. The number of fused-ring (bicyclic) bond motifs is 4. The van der Waals surface area contributed by atoms with Crippen LogP contribution in [0.3, 0.4) is 0 Å². The first-order valence-corrected chi connectivity index (χ1v) is 27.5. The Kier molecular flexibility index (Phi) is 13.8. The molecular weight excluding hydrogens is 1050 g/mol. The van der Waals surface area contributed by atoms with Crippen molar-refractivity contribution in [3.63, 3.8) is 0 Å². The van der Waals surface area contributed by atoms with Crippen molar-refractivity contribution >= 4 is 46.4 Å². The molecule has 0 amide bonds. The number of nitrogens with zero attached hydrogens (tertiary/aromatic N) is 4. The van der Waals surface area contributed by atoms with Crippen molar-refractivity contribution in [3.8, 4) is 61.7 Å². The maximum absolute atomic E-state index is 6.83. The Bertz CT molecular complexity index is 3550. The number of hydrogen-bond donors (Lipinski definition) is 0. The van der Waals surface area contributed by atoms with Gasteiger partial charge in [-0.2, -0.15) is 0 Å². The topological polar surface area (TPSA) is 56.7 Å². The molecule has 5 nitrogen and oxygen atoms in total. The zero-order valence-electron chi connectivity index (χ0n) is 41.0. The zero-order valence-corrected chi connectivity index (χ0v) is 44.4. The minimum absolute atomic E-state index is 0. The van der Waals surface area contributed by atoms with E-state index < -0.39 is 8.07 Å². The third kappa shape index (κ3) is 9.62. The van der Waals surface area contributed by atoms with Crippen LogP contribution < -0.4 is 5.19 Å². The predicted molar refractivity (Wildman–Crippen MR) is 291 cm³/mol. The van der Waals surface area contributed by atoms with Gasteiger partial charge in [0.15, 0.2) is 5.65 Å². The van der Waals surface area contributed by atoms with E-state index in [4.69, 9.17) is 14.4 Å². The quantitative estimate of drug-likeness (QED) is 0.107. The van der Waals surface area contributed by atoms with Crippen LogP contribution in [0, 0.1) is 19.1 Å². The van der Waals surface area contributed by atoms with Crippen LogP contribution in [0.5, 0.6) is 0 Å². The summed E-state index contributed by atoms with van der Waals surface area (Å²) in [4.78, 5) is 14.9. The van der Waals surface area contributed by atoms with E-state index in [0.717, 1.165) is 78.1 Å². The molecule has 0 N–H and O–H groups in total. The van der Waals surface area contributed by atoms with Crippen molar-refractivity contribution in [1.29, 1.82) is 0 Å². The molecule has 0 saturated heterocycles. The minimum atomic E-state index is -1.23. The second kappa shape index (κ2) is 20.1. The summed E-state index contributed by atoms with van der Waals surface area (Å²) in [5, 5.41) is 3.50. The van der Waals surface area contributed by atoms with Gasteiger partial charge in [-0.25, -0.2) is 4.98 Å². The molecule has 70 heavy (non-hydrogen) atoms. The summed E-state index contributed by atoms with van der Waals surface area (Å²) < 4.78 is 9.10. The molecule has 0 fully saturated rings. The Morgan fingerprint density at radius 1 is 0.557 bits per heavy atom. The standard InChI is InChI=1S/C49H40N3O.C14H16NSi.Ir/c1-30(2)42-26-38(34-15-10-7-11-16-34)27-43(31(3)4)46(42)52-48(51-44-25-32(5)29-50-49(44)52)41-18-12-17-40-39-24-23-37(28-45(39)53-47(40)41)36-21-19-35(20-22-36)33-13-8-6-9-14-33;1-16(2,3)13-9-10-14(15-11-13)12-7-5-4-6-8-12;/h6-17,19-31H,1-5H3;4-7,9-11H,1-3H3;/q2*-1;. The number of pyridine rings is 2. The number of hydrogen-bond acceptors (Lipinski definition) is 4. The van der Waals surface area contributed by atoms with E-state index in [-0.39, 0.29) is 31.9 Å². The molecule has 0 saturated carbocycles. The molecule has 7 aromatic carbocycles. The summed E-state index contributed by atoms with van der Waals surface area (Å²) >= 11 is 0. The number of benzene rings is 7.